The normalized spacial score (nSPS) is 13.2. The zero-order chi connectivity index (χ0) is 32.2. The highest BCUT2D eigenvalue weighted by Crippen LogP contribution is 2.13. The number of carbonyl (C=O) groups excluding carboxylic acids is 3. The maximum atomic E-state index is 12.5. The fourth-order valence-corrected chi connectivity index (χ4v) is 4.90. The van der Waals surface area contributed by atoms with Crippen LogP contribution in [0, 0.1) is 0 Å². The summed E-state index contributed by atoms with van der Waals surface area (Å²) in [6, 6.07) is -0.722. The molecule has 0 saturated carbocycles. The van der Waals surface area contributed by atoms with Crippen molar-refractivity contribution in [3.05, 3.63) is 12.2 Å². The summed E-state index contributed by atoms with van der Waals surface area (Å²) in [4.78, 5) is 36.4. The van der Waals surface area contributed by atoms with Gasteiger partial charge >= 0.3 is 11.9 Å². The number of aliphatic carboxylic acids is 1. The molecule has 0 heterocycles. The van der Waals surface area contributed by atoms with E-state index in [4.69, 9.17) is 14.2 Å². The first-order chi connectivity index (χ1) is 20.6. The number of ether oxygens (including phenoxy) is 3. The third-order valence-electron chi connectivity index (χ3n) is 7.65. The first-order valence-electron chi connectivity index (χ1n) is 17.2. The number of hydrogen-bond acceptors (Lipinski definition) is 7. The highest BCUT2D eigenvalue weighted by Gasteiger charge is 2.25. The van der Waals surface area contributed by atoms with Gasteiger partial charge in [-0.1, -0.05) is 103 Å². The third kappa shape index (κ3) is 26.2. The molecule has 0 aromatic rings. The summed E-state index contributed by atoms with van der Waals surface area (Å²) in [6.45, 7) is 4.56. The van der Waals surface area contributed by atoms with Gasteiger partial charge in [0.1, 0.15) is 12.6 Å². The molecule has 0 aliphatic rings. The molecule has 0 aromatic carbocycles. The molecule has 8 heteroatoms. The van der Waals surface area contributed by atoms with Crippen molar-refractivity contribution in [2.45, 2.75) is 154 Å². The number of carboxylic acids is 1. The Morgan fingerprint density at radius 3 is 1.74 bits per heavy atom. The molecule has 2 unspecified atom stereocenters. The zero-order valence-corrected chi connectivity index (χ0v) is 28.4. The van der Waals surface area contributed by atoms with Crippen molar-refractivity contribution >= 4 is 17.9 Å². The minimum atomic E-state index is -1.13. The van der Waals surface area contributed by atoms with E-state index in [0.717, 1.165) is 32.1 Å². The van der Waals surface area contributed by atoms with Crippen LogP contribution in [-0.4, -0.2) is 75.5 Å². The standard InChI is InChI=1S/C35H65NO7/c1-6-8-10-12-14-16-18-20-22-24-26-34(38)43-31(29-41-28-27-32(35(39)40)36(3,4)5)30-42-33(37)25-23-21-19-17-15-13-11-9-7-2/h17,19,31-32H,6-16,18,20-30H2,1-5H3/b19-17+. The summed E-state index contributed by atoms with van der Waals surface area (Å²) in [6.07, 6.45) is 23.9. The highest BCUT2D eigenvalue weighted by molar-refractivity contribution is 5.70. The minimum Gasteiger partial charge on any atom is -0.544 e. The molecular weight excluding hydrogens is 546 g/mol. The lowest BCUT2D eigenvalue weighted by Gasteiger charge is -2.34. The second kappa shape index (κ2) is 27.6. The maximum Gasteiger partial charge on any atom is 0.306 e. The molecule has 0 spiro atoms. The molecule has 0 rings (SSSR count). The van der Waals surface area contributed by atoms with Crippen LogP contribution in [0.1, 0.15) is 142 Å². The van der Waals surface area contributed by atoms with Crippen LogP contribution in [0.25, 0.3) is 0 Å². The molecule has 0 amide bonds. The van der Waals surface area contributed by atoms with Crippen molar-refractivity contribution in [2.75, 3.05) is 41.0 Å². The quantitative estimate of drug-likeness (QED) is 0.0386. The van der Waals surface area contributed by atoms with Crippen LogP contribution in [0.3, 0.4) is 0 Å². The van der Waals surface area contributed by atoms with Crippen molar-refractivity contribution in [1.82, 2.24) is 0 Å². The highest BCUT2D eigenvalue weighted by atomic mass is 16.6. The SMILES string of the molecule is CCCCCC/C=C/CCCC(=O)OCC(COCCC(C(=O)[O-])[N+](C)(C)C)OC(=O)CCCCCCCCCCCC. The van der Waals surface area contributed by atoms with Crippen LogP contribution in [0.5, 0.6) is 0 Å². The molecule has 0 bridgehead atoms. The average molecular weight is 612 g/mol. The lowest BCUT2D eigenvalue weighted by molar-refractivity contribution is -0.889. The maximum absolute atomic E-state index is 12.5. The van der Waals surface area contributed by atoms with Gasteiger partial charge in [0, 0.05) is 19.3 Å². The molecule has 0 N–H and O–H groups in total. The van der Waals surface area contributed by atoms with E-state index in [0.29, 0.717) is 19.3 Å². The average Bonchev–Trinajstić information content (AvgIpc) is 2.94. The first-order valence-corrected chi connectivity index (χ1v) is 17.2. The number of esters is 2. The summed E-state index contributed by atoms with van der Waals surface area (Å²) in [5.74, 6) is -1.78. The minimum absolute atomic E-state index is 0.0364. The monoisotopic (exact) mass is 611 g/mol. The number of carbonyl (C=O) groups is 3. The number of likely N-dealkylation sites (N-methyl/N-ethyl adjacent to an activating group) is 1. The molecule has 0 aliphatic carbocycles. The molecule has 0 aromatic heterocycles. The number of unbranched alkanes of at least 4 members (excludes halogenated alkanes) is 14. The van der Waals surface area contributed by atoms with Gasteiger partial charge in [-0.25, -0.2) is 0 Å². The van der Waals surface area contributed by atoms with E-state index in [1.165, 1.54) is 70.6 Å². The van der Waals surface area contributed by atoms with Crippen molar-refractivity contribution in [2.24, 2.45) is 0 Å². The van der Waals surface area contributed by atoms with Gasteiger partial charge < -0.3 is 28.6 Å². The number of allylic oxidation sites excluding steroid dienone is 2. The predicted molar refractivity (Wildman–Crippen MR) is 171 cm³/mol. The van der Waals surface area contributed by atoms with Gasteiger partial charge in [-0.2, -0.15) is 0 Å². The Bertz CT molecular complexity index is 732. The number of nitrogens with zero attached hydrogens (tertiary/aromatic N) is 1. The summed E-state index contributed by atoms with van der Waals surface area (Å²) in [5.41, 5.74) is 0. The second-order valence-corrected chi connectivity index (χ2v) is 12.8. The Morgan fingerprint density at radius 2 is 1.19 bits per heavy atom. The predicted octanol–water partition coefficient (Wildman–Crippen LogP) is 6.68. The molecule has 252 valence electrons. The number of hydrogen-bond donors (Lipinski definition) is 0. The van der Waals surface area contributed by atoms with Gasteiger partial charge in [0.2, 0.25) is 0 Å². The van der Waals surface area contributed by atoms with Crippen LogP contribution < -0.4 is 5.11 Å². The van der Waals surface area contributed by atoms with Gasteiger partial charge in [0.25, 0.3) is 0 Å². The summed E-state index contributed by atoms with van der Waals surface area (Å²) >= 11 is 0. The van der Waals surface area contributed by atoms with Gasteiger partial charge in [-0.05, 0) is 32.1 Å². The van der Waals surface area contributed by atoms with E-state index >= 15 is 0 Å². The first kappa shape index (κ1) is 41.1. The summed E-state index contributed by atoms with van der Waals surface area (Å²) < 4.78 is 17.0. The molecule has 43 heavy (non-hydrogen) atoms. The van der Waals surface area contributed by atoms with E-state index in [1.807, 2.05) is 0 Å². The zero-order valence-electron chi connectivity index (χ0n) is 28.4. The lowest BCUT2D eigenvalue weighted by atomic mass is 10.1. The molecule has 0 aliphatic heterocycles. The number of quaternary nitrogens is 1. The summed E-state index contributed by atoms with van der Waals surface area (Å²) in [5, 5.41) is 11.5. The van der Waals surface area contributed by atoms with Gasteiger partial charge in [-0.3, -0.25) is 9.59 Å². The molecule has 0 fully saturated rings. The van der Waals surface area contributed by atoms with Crippen molar-refractivity contribution in [1.29, 1.82) is 0 Å². The van der Waals surface area contributed by atoms with Gasteiger partial charge in [0.15, 0.2) is 6.10 Å². The van der Waals surface area contributed by atoms with Gasteiger partial charge in [0.05, 0.1) is 40.3 Å². The van der Waals surface area contributed by atoms with E-state index in [9.17, 15) is 19.5 Å². The van der Waals surface area contributed by atoms with Crippen molar-refractivity contribution < 1.29 is 38.2 Å². The topological polar surface area (TPSA) is 102 Å². The van der Waals surface area contributed by atoms with E-state index in [-0.39, 0.29) is 42.7 Å². The van der Waals surface area contributed by atoms with E-state index < -0.39 is 18.1 Å². The molecule has 0 radical (unpaired) electrons. The molecule has 2 atom stereocenters. The van der Waals surface area contributed by atoms with Crippen LogP contribution in [-0.2, 0) is 28.6 Å². The third-order valence-corrected chi connectivity index (χ3v) is 7.65. The molecule has 8 nitrogen and oxygen atoms in total. The van der Waals surface area contributed by atoms with Crippen LogP contribution in [0.15, 0.2) is 12.2 Å². The van der Waals surface area contributed by atoms with Crippen molar-refractivity contribution in [3.8, 4) is 0 Å². The summed E-state index contributed by atoms with van der Waals surface area (Å²) in [7, 11) is 5.38. The number of carboxylic acid groups (broad SMARTS) is 1. The molecule has 0 saturated heterocycles. The Kier molecular flexibility index (Phi) is 26.4. The Hall–Kier alpha value is -1.93. The second-order valence-electron chi connectivity index (χ2n) is 12.8. The Labute approximate surface area is 263 Å². The Morgan fingerprint density at radius 1 is 0.674 bits per heavy atom. The lowest BCUT2D eigenvalue weighted by Crippen LogP contribution is -2.55. The van der Waals surface area contributed by atoms with E-state index in [1.54, 1.807) is 21.1 Å². The Balaban J connectivity index is 4.51. The number of rotatable bonds is 30. The largest absolute Gasteiger partial charge is 0.544 e. The van der Waals surface area contributed by atoms with Crippen LogP contribution in [0.2, 0.25) is 0 Å². The van der Waals surface area contributed by atoms with Crippen molar-refractivity contribution in [3.63, 3.8) is 0 Å². The van der Waals surface area contributed by atoms with E-state index in [2.05, 4.69) is 26.0 Å². The fraction of sp³-hybridized carbons (Fsp3) is 0.857. The smallest absolute Gasteiger partial charge is 0.306 e. The van der Waals surface area contributed by atoms with Crippen LogP contribution in [0.4, 0.5) is 0 Å². The molecular formula is C35H65NO7. The van der Waals surface area contributed by atoms with Gasteiger partial charge in [-0.15, -0.1) is 0 Å². The van der Waals surface area contributed by atoms with Crippen LogP contribution >= 0.6 is 0 Å². The fourth-order valence-electron chi connectivity index (χ4n) is 4.90.